The first kappa shape index (κ1) is 16.7. The Bertz CT molecular complexity index is 495. The summed E-state index contributed by atoms with van der Waals surface area (Å²) in [7, 11) is 0. The minimum Gasteiger partial charge on any atom is -0.480 e. The quantitative estimate of drug-likeness (QED) is 0.872. The largest absolute Gasteiger partial charge is 0.480 e. The number of hydrogen-bond acceptors (Lipinski definition) is 4. The molecule has 6 nitrogen and oxygen atoms in total. The maximum absolute atomic E-state index is 11.9. The summed E-state index contributed by atoms with van der Waals surface area (Å²) < 4.78 is 16.9. The van der Waals surface area contributed by atoms with Crippen molar-refractivity contribution < 1.29 is 28.9 Å². The Kier molecular flexibility index (Phi) is 5.52. The van der Waals surface area contributed by atoms with Crippen molar-refractivity contribution in [1.82, 2.24) is 5.32 Å². The second-order valence-corrected chi connectivity index (χ2v) is 5.46. The molecule has 21 heavy (non-hydrogen) atoms. The van der Waals surface area contributed by atoms with Crippen LogP contribution in [0.3, 0.4) is 0 Å². The molecular weight excluding hydrogens is 281 g/mol. The van der Waals surface area contributed by atoms with Gasteiger partial charge in [-0.25, -0.2) is 9.59 Å². The van der Waals surface area contributed by atoms with Gasteiger partial charge in [-0.2, -0.15) is 0 Å². The number of halogens is 1. The molecule has 0 saturated carbocycles. The Labute approximate surface area is 121 Å². The van der Waals surface area contributed by atoms with E-state index in [0.717, 1.165) is 0 Å². The number of ether oxygens (including phenoxy) is 1. The van der Waals surface area contributed by atoms with Crippen molar-refractivity contribution in [2.75, 3.05) is 0 Å². The third kappa shape index (κ3) is 6.11. The first-order valence-corrected chi connectivity index (χ1v) is 6.31. The molecule has 0 aliphatic carbocycles. The van der Waals surface area contributed by atoms with Gasteiger partial charge >= 0.3 is 12.1 Å². The fourth-order valence-corrected chi connectivity index (χ4v) is 1.56. The number of nitrogens with one attached hydrogen (secondary N) is 1. The normalized spacial score (nSPS) is 12.4. The monoisotopic (exact) mass is 299 g/mol. The minimum absolute atomic E-state index is 0.0192. The Morgan fingerprint density at radius 2 is 1.86 bits per heavy atom. The Balaban J connectivity index is 2.69. The zero-order valence-corrected chi connectivity index (χ0v) is 12.1. The first-order chi connectivity index (χ1) is 9.71. The van der Waals surface area contributed by atoms with Crippen LogP contribution in [0.25, 0.3) is 0 Å². The summed E-state index contributed by atoms with van der Waals surface area (Å²) in [4.78, 5) is 26.3. The highest BCUT2D eigenvalue weighted by Crippen LogP contribution is 2.14. The zero-order chi connectivity index (χ0) is 16.0. The number of benzene rings is 1. The molecule has 1 atom stereocenters. The van der Waals surface area contributed by atoms with Gasteiger partial charge in [-0.15, -0.1) is 0 Å². The molecule has 0 saturated heterocycles. The van der Waals surface area contributed by atoms with E-state index in [4.69, 9.17) is 9.84 Å². The fourth-order valence-electron chi connectivity index (χ4n) is 1.56. The molecular formula is C14H18FNO5. The molecule has 1 rings (SSSR count). The van der Waals surface area contributed by atoms with Crippen molar-refractivity contribution in [2.45, 2.75) is 38.8 Å². The molecule has 0 aliphatic heterocycles. The summed E-state index contributed by atoms with van der Waals surface area (Å²) in [6, 6.07) is 4.61. The maximum atomic E-state index is 11.9. The lowest BCUT2D eigenvalue weighted by Gasteiger charge is -2.22. The van der Waals surface area contributed by atoms with E-state index in [1.807, 2.05) is 0 Å². The van der Waals surface area contributed by atoms with E-state index >= 15 is 0 Å². The molecule has 1 amide bonds. The molecule has 0 aromatic heterocycles. The average Bonchev–Trinajstić information content (AvgIpc) is 2.36. The molecule has 0 aliphatic rings. The number of carboxylic acid groups (broad SMARTS) is 1. The Morgan fingerprint density at radius 3 is 2.29 bits per heavy atom. The Hall–Kier alpha value is -2.31. The van der Waals surface area contributed by atoms with Crippen molar-refractivity contribution in [3.63, 3.8) is 0 Å². The van der Waals surface area contributed by atoms with Gasteiger partial charge in [-0.3, -0.25) is 4.94 Å². The van der Waals surface area contributed by atoms with Crippen LogP contribution in [0.2, 0.25) is 0 Å². The number of carboxylic acids is 1. The van der Waals surface area contributed by atoms with Crippen LogP contribution in [-0.2, 0) is 16.0 Å². The molecule has 1 aromatic carbocycles. The number of alkyl carbamates (subject to hydrolysis) is 1. The number of hydrogen-bond donors (Lipinski definition) is 2. The SMILES string of the molecule is CC(C)(C)OC(=O)N[C@@H](Cc1ccc(OF)cc1)C(=O)O. The molecule has 7 heteroatoms. The van der Waals surface area contributed by atoms with E-state index < -0.39 is 23.7 Å². The predicted octanol–water partition coefficient (Wildman–Crippen LogP) is 2.47. The Morgan fingerprint density at radius 1 is 1.29 bits per heavy atom. The highest BCUT2D eigenvalue weighted by Gasteiger charge is 2.24. The summed E-state index contributed by atoms with van der Waals surface area (Å²) in [6.45, 7) is 5.04. The third-order valence-electron chi connectivity index (χ3n) is 2.44. The van der Waals surface area contributed by atoms with Gasteiger partial charge in [0.05, 0.1) is 0 Å². The second-order valence-electron chi connectivity index (χ2n) is 5.46. The molecule has 0 spiro atoms. The van der Waals surface area contributed by atoms with Crippen molar-refractivity contribution in [2.24, 2.45) is 0 Å². The van der Waals surface area contributed by atoms with Crippen molar-refractivity contribution in [1.29, 1.82) is 0 Å². The summed E-state index contributed by atoms with van der Waals surface area (Å²) in [5, 5.41) is 11.4. The number of aliphatic carboxylic acids is 1. The van der Waals surface area contributed by atoms with Crippen LogP contribution >= 0.6 is 0 Å². The average molecular weight is 299 g/mol. The van der Waals surface area contributed by atoms with E-state index in [1.165, 1.54) is 24.3 Å². The minimum atomic E-state index is -1.19. The second kappa shape index (κ2) is 6.92. The van der Waals surface area contributed by atoms with Gasteiger partial charge in [0.1, 0.15) is 11.6 Å². The maximum Gasteiger partial charge on any atom is 0.408 e. The lowest BCUT2D eigenvalue weighted by atomic mass is 10.1. The van der Waals surface area contributed by atoms with Gasteiger partial charge in [0.25, 0.3) is 0 Å². The predicted molar refractivity (Wildman–Crippen MR) is 72.7 cm³/mol. The van der Waals surface area contributed by atoms with Crippen molar-refractivity contribution in [3.05, 3.63) is 29.8 Å². The zero-order valence-electron chi connectivity index (χ0n) is 12.1. The topological polar surface area (TPSA) is 84.9 Å². The van der Waals surface area contributed by atoms with Crippen LogP contribution in [-0.4, -0.2) is 28.8 Å². The molecule has 0 fully saturated rings. The summed E-state index contributed by atoms with van der Waals surface area (Å²) >= 11 is 0. The lowest BCUT2D eigenvalue weighted by molar-refractivity contribution is -0.139. The molecule has 116 valence electrons. The van der Waals surface area contributed by atoms with Crippen molar-refractivity contribution in [3.8, 4) is 5.75 Å². The van der Waals surface area contributed by atoms with Gasteiger partial charge in [-0.05, 0) is 38.5 Å². The van der Waals surface area contributed by atoms with E-state index in [0.29, 0.717) is 5.56 Å². The van der Waals surface area contributed by atoms with E-state index in [-0.39, 0.29) is 12.2 Å². The lowest BCUT2D eigenvalue weighted by Crippen LogP contribution is -2.44. The van der Waals surface area contributed by atoms with E-state index in [2.05, 4.69) is 10.3 Å². The summed E-state index contributed by atoms with van der Waals surface area (Å²) in [5.41, 5.74) is -0.105. The molecule has 1 aromatic rings. The van der Waals surface area contributed by atoms with Crippen LogP contribution in [0.1, 0.15) is 26.3 Å². The van der Waals surface area contributed by atoms with Crippen molar-refractivity contribution >= 4 is 12.1 Å². The van der Waals surface area contributed by atoms with Crippen LogP contribution < -0.4 is 10.3 Å². The van der Waals surface area contributed by atoms with E-state index in [9.17, 15) is 14.1 Å². The number of carbonyl (C=O) groups excluding carboxylic acids is 1. The summed E-state index contributed by atoms with van der Waals surface area (Å²) in [6.07, 6.45) is -0.764. The third-order valence-corrected chi connectivity index (χ3v) is 2.44. The number of carbonyl (C=O) groups is 2. The number of rotatable bonds is 5. The molecule has 0 unspecified atom stereocenters. The highest BCUT2D eigenvalue weighted by atomic mass is 19.3. The van der Waals surface area contributed by atoms with Gasteiger partial charge < -0.3 is 15.2 Å². The molecule has 2 N–H and O–H groups in total. The summed E-state index contributed by atoms with van der Waals surface area (Å²) in [5.74, 6) is -1.17. The van der Waals surface area contributed by atoms with Crippen LogP contribution in [0.5, 0.6) is 5.75 Å². The van der Waals surface area contributed by atoms with Crippen LogP contribution in [0.15, 0.2) is 24.3 Å². The highest BCUT2D eigenvalue weighted by molar-refractivity contribution is 5.80. The van der Waals surface area contributed by atoms with Gasteiger partial charge in [0.15, 0.2) is 5.75 Å². The van der Waals surface area contributed by atoms with Crippen LogP contribution in [0, 0.1) is 0 Å². The van der Waals surface area contributed by atoms with Gasteiger partial charge in [0.2, 0.25) is 0 Å². The van der Waals surface area contributed by atoms with Gasteiger partial charge in [0, 0.05) is 10.9 Å². The fraction of sp³-hybridized carbons (Fsp3) is 0.429. The molecule has 0 bridgehead atoms. The first-order valence-electron chi connectivity index (χ1n) is 6.31. The smallest absolute Gasteiger partial charge is 0.408 e. The molecule has 0 heterocycles. The standard InChI is InChI=1S/C14H18FNO5/c1-14(2,3)20-13(19)16-11(12(17)18)8-9-4-6-10(21-15)7-5-9/h4-7,11H,8H2,1-3H3,(H,16,19)(H,17,18)/t11-/m0/s1. The van der Waals surface area contributed by atoms with Crippen LogP contribution in [0.4, 0.5) is 9.32 Å². The molecule has 0 radical (unpaired) electrons. The van der Waals surface area contributed by atoms with Gasteiger partial charge in [-0.1, -0.05) is 12.1 Å². The number of amides is 1. The van der Waals surface area contributed by atoms with E-state index in [1.54, 1.807) is 20.8 Å².